The lowest BCUT2D eigenvalue weighted by molar-refractivity contribution is -0.132. The molecule has 2 N–H and O–H groups in total. The monoisotopic (exact) mass is 262 g/mol. The molecule has 0 spiro atoms. The van der Waals surface area contributed by atoms with Crippen LogP contribution in [0, 0.1) is 0 Å². The molecule has 0 aliphatic carbocycles. The van der Waals surface area contributed by atoms with Gasteiger partial charge in [-0.2, -0.15) is 13.2 Å². The SMILES string of the molecule is CN(CCC(F)(F)F)c1cccc(C(N)=S)c1. The van der Waals surface area contributed by atoms with Gasteiger partial charge in [0.1, 0.15) is 4.99 Å². The van der Waals surface area contributed by atoms with Crippen LogP contribution in [0.5, 0.6) is 0 Å². The standard InChI is InChI=1S/C11H13F3N2S/c1-16(6-5-11(12,13)14)9-4-2-3-8(7-9)10(15)17/h2-4,7H,5-6H2,1H3,(H2,15,17). The number of halogens is 3. The van der Waals surface area contributed by atoms with Gasteiger partial charge in [-0.1, -0.05) is 24.4 Å². The van der Waals surface area contributed by atoms with Gasteiger partial charge in [-0.3, -0.25) is 0 Å². The predicted octanol–water partition coefficient (Wildman–Crippen LogP) is 2.71. The zero-order valence-corrected chi connectivity index (χ0v) is 10.1. The Morgan fingerprint density at radius 2 is 2.06 bits per heavy atom. The molecule has 0 amide bonds. The highest BCUT2D eigenvalue weighted by atomic mass is 32.1. The molecule has 0 aromatic heterocycles. The van der Waals surface area contributed by atoms with Crippen molar-refractivity contribution in [2.24, 2.45) is 5.73 Å². The Balaban J connectivity index is 2.72. The van der Waals surface area contributed by atoms with Crippen molar-refractivity contribution in [3.05, 3.63) is 29.8 Å². The Labute approximate surface area is 103 Å². The smallest absolute Gasteiger partial charge is 0.389 e. The van der Waals surface area contributed by atoms with Crippen molar-refractivity contribution >= 4 is 22.9 Å². The summed E-state index contributed by atoms with van der Waals surface area (Å²) in [6.45, 7) is -0.0930. The second-order valence-electron chi connectivity index (χ2n) is 3.70. The minimum absolute atomic E-state index is 0.0930. The van der Waals surface area contributed by atoms with E-state index in [9.17, 15) is 13.2 Å². The number of anilines is 1. The normalized spacial score (nSPS) is 11.3. The summed E-state index contributed by atoms with van der Waals surface area (Å²) in [5, 5.41) is 0. The summed E-state index contributed by atoms with van der Waals surface area (Å²) in [4.78, 5) is 1.76. The molecule has 0 radical (unpaired) electrons. The lowest BCUT2D eigenvalue weighted by atomic mass is 10.2. The van der Waals surface area contributed by atoms with Crippen molar-refractivity contribution in [2.45, 2.75) is 12.6 Å². The van der Waals surface area contributed by atoms with Crippen LogP contribution in [-0.4, -0.2) is 24.8 Å². The van der Waals surface area contributed by atoms with Gasteiger partial charge in [-0.05, 0) is 12.1 Å². The zero-order chi connectivity index (χ0) is 13.1. The fourth-order valence-corrected chi connectivity index (χ4v) is 1.45. The van der Waals surface area contributed by atoms with Gasteiger partial charge in [0.25, 0.3) is 0 Å². The number of nitrogens with zero attached hydrogens (tertiary/aromatic N) is 1. The summed E-state index contributed by atoms with van der Waals surface area (Å²) in [5.41, 5.74) is 6.77. The summed E-state index contributed by atoms with van der Waals surface area (Å²) in [5.74, 6) is 0. The fourth-order valence-electron chi connectivity index (χ4n) is 1.32. The van der Waals surface area contributed by atoms with Gasteiger partial charge in [0.05, 0.1) is 6.42 Å². The first-order valence-corrected chi connectivity index (χ1v) is 5.38. The third-order valence-corrected chi connectivity index (χ3v) is 2.54. The van der Waals surface area contributed by atoms with Gasteiger partial charge in [-0.25, -0.2) is 0 Å². The Bertz CT molecular complexity index is 404. The van der Waals surface area contributed by atoms with E-state index in [1.807, 2.05) is 0 Å². The molecule has 0 aliphatic heterocycles. The van der Waals surface area contributed by atoms with Crippen LogP contribution in [0.3, 0.4) is 0 Å². The molecule has 17 heavy (non-hydrogen) atoms. The molecule has 1 rings (SSSR count). The van der Waals surface area contributed by atoms with Crippen molar-refractivity contribution in [2.75, 3.05) is 18.5 Å². The van der Waals surface area contributed by atoms with Gasteiger partial charge >= 0.3 is 6.18 Å². The molecule has 1 aromatic rings. The van der Waals surface area contributed by atoms with Crippen molar-refractivity contribution in [1.82, 2.24) is 0 Å². The van der Waals surface area contributed by atoms with Crippen LogP contribution in [0.2, 0.25) is 0 Å². The topological polar surface area (TPSA) is 29.3 Å². The molecule has 1 aromatic carbocycles. The molecule has 0 saturated carbocycles. The summed E-state index contributed by atoms with van der Waals surface area (Å²) in [6.07, 6.45) is -4.99. The molecule has 94 valence electrons. The van der Waals surface area contributed by atoms with Crippen LogP contribution in [-0.2, 0) is 0 Å². The molecule has 0 heterocycles. The van der Waals surface area contributed by atoms with E-state index in [1.165, 1.54) is 4.90 Å². The average molecular weight is 262 g/mol. The van der Waals surface area contributed by atoms with E-state index >= 15 is 0 Å². The summed E-state index contributed by atoms with van der Waals surface area (Å²) < 4.78 is 36.2. The van der Waals surface area contributed by atoms with Crippen molar-refractivity contribution < 1.29 is 13.2 Å². The maximum Gasteiger partial charge on any atom is 0.390 e. The van der Waals surface area contributed by atoms with Crippen LogP contribution >= 0.6 is 12.2 Å². The molecule has 6 heteroatoms. The van der Waals surface area contributed by atoms with E-state index in [0.29, 0.717) is 11.3 Å². The van der Waals surface area contributed by atoms with Gasteiger partial charge in [0, 0.05) is 24.8 Å². The first-order valence-electron chi connectivity index (χ1n) is 4.97. The highest BCUT2D eigenvalue weighted by Crippen LogP contribution is 2.22. The molecule has 0 aliphatic rings. The highest BCUT2D eigenvalue weighted by Gasteiger charge is 2.27. The average Bonchev–Trinajstić information content (AvgIpc) is 2.25. The number of hydrogen-bond acceptors (Lipinski definition) is 2. The molecule has 0 atom stereocenters. The second-order valence-corrected chi connectivity index (χ2v) is 4.14. The van der Waals surface area contributed by atoms with Gasteiger partial charge in [0.15, 0.2) is 0 Å². The summed E-state index contributed by atoms with van der Waals surface area (Å²) in [6, 6.07) is 6.84. The molecule has 0 fully saturated rings. The third-order valence-electron chi connectivity index (χ3n) is 2.30. The maximum absolute atomic E-state index is 12.1. The largest absolute Gasteiger partial charge is 0.390 e. The third kappa shape index (κ3) is 4.60. The van der Waals surface area contributed by atoms with Gasteiger partial charge in [0.2, 0.25) is 0 Å². The fraction of sp³-hybridized carbons (Fsp3) is 0.364. The molecule has 0 bridgehead atoms. The Kier molecular flexibility index (Phi) is 4.34. The van der Waals surface area contributed by atoms with Gasteiger partial charge in [-0.15, -0.1) is 0 Å². The number of benzene rings is 1. The number of nitrogens with two attached hydrogens (primary N) is 1. The minimum atomic E-state index is -4.14. The highest BCUT2D eigenvalue weighted by molar-refractivity contribution is 7.80. The number of hydrogen-bond donors (Lipinski definition) is 1. The molecule has 2 nitrogen and oxygen atoms in total. The van der Waals surface area contributed by atoms with Crippen LogP contribution in [0.4, 0.5) is 18.9 Å². The minimum Gasteiger partial charge on any atom is -0.389 e. The molecule has 0 saturated heterocycles. The quantitative estimate of drug-likeness (QED) is 0.846. The van der Waals surface area contributed by atoms with Crippen LogP contribution in [0.25, 0.3) is 0 Å². The molecule has 0 unspecified atom stereocenters. The van der Waals surface area contributed by atoms with Crippen molar-refractivity contribution in [3.8, 4) is 0 Å². The summed E-state index contributed by atoms with van der Waals surface area (Å²) in [7, 11) is 1.60. The number of alkyl halides is 3. The van der Waals surface area contributed by atoms with Crippen molar-refractivity contribution in [1.29, 1.82) is 0 Å². The summed E-state index contributed by atoms with van der Waals surface area (Å²) >= 11 is 4.81. The number of rotatable bonds is 4. The first-order chi connectivity index (χ1) is 7.79. The maximum atomic E-state index is 12.1. The van der Waals surface area contributed by atoms with E-state index in [4.69, 9.17) is 18.0 Å². The predicted molar refractivity (Wildman–Crippen MR) is 66.3 cm³/mol. The zero-order valence-electron chi connectivity index (χ0n) is 9.29. The van der Waals surface area contributed by atoms with Crippen LogP contribution in [0.15, 0.2) is 24.3 Å². The number of thiocarbonyl (C=S) groups is 1. The van der Waals surface area contributed by atoms with Crippen LogP contribution < -0.4 is 10.6 Å². The first kappa shape index (κ1) is 13.8. The lowest BCUT2D eigenvalue weighted by Gasteiger charge is -2.20. The molecular formula is C11H13F3N2S. The second kappa shape index (κ2) is 5.35. The van der Waals surface area contributed by atoms with Crippen molar-refractivity contribution in [3.63, 3.8) is 0 Å². The van der Waals surface area contributed by atoms with Crippen LogP contribution in [0.1, 0.15) is 12.0 Å². The Morgan fingerprint density at radius 3 is 2.59 bits per heavy atom. The Hall–Kier alpha value is -1.30. The Morgan fingerprint density at radius 1 is 1.41 bits per heavy atom. The van der Waals surface area contributed by atoms with E-state index in [-0.39, 0.29) is 11.5 Å². The van der Waals surface area contributed by atoms with E-state index < -0.39 is 12.6 Å². The van der Waals surface area contributed by atoms with E-state index in [2.05, 4.69) is 0 Å². The van der Waals surface area contributed by atoms with E-state index in [1.54, 1.807) is 31.3 Å². The van der Waals surface area contributed by atoms with E-state index in [0.717, 1.165) is 0 Å². The lowest BCUT2D eigenvalue weighted by Crippen LogP contribution is -2.24. The molecular weight excluding hydrogens is 249 g/mol. The van der Waals surface area contributed by atoms with Gasteiger partial charge < -0.3 is 10.6 Å².